The number of carbonyl (C=O) groups excluding carboxylic acids is 1. The van der Waals surface area contributed by atoms with Crippen LogP contribution in [0.1, 0.15) is 38.6 Å². The Morgan fingerprint density at radius 2 is 2.39 bits per heavy atom. The Balaban J connectivity index is 1.98. The third-order valence-electron chi connectivity index (χ3n) is 3.33. The molecule has 2 rings (SSSR count). The number of rotatable bonds is 2. The van der Waals surface area contributed by atoms with E-state index in [1.165, 1.54) is 6.42 Å². The fraction of sp³-hybridized carbons (Fsp3) is 0.692. The van der Waals surface area contributed by atoms with Gasteiger partial charge >= 0.3 is 6.03 Å². The summed E-state index contributed by atoms with van der Waals surface area (Å²) >= 11 is 1.57. The van der Waals surface area contributed by atoms with Crippen LogP contribution in [-0.4, -0.2) is 29.0 Å². The summed E-state index contributed by atoms with van der Waals surface area (Å²) < 4.78 is 0. The number of carbonyl (C=O) groups is 1. The highest BCUT2D eigenvalue weighted by Crippen LogP contribution is 2.23. The molecule has 1 unspecified atom stereocenters. The van der Waals surface area contributed by atoms with Gasteiger partial charge in [-0.05, 0) is 32.6 Å². The fourth-order valence-corrected chi connectivity index (χ4v) is 3.02. The van der Waals surface area contributed by atoms with E-state index in [0.717, 1.165) is 24.5 Å². The first kappa shape index (κ1) is 13.3. The summed E-state index contributed by atoms with van der Waals surface area (Å²) in [5, 5.41) is 5.97. The molecule has 5 heteroatoms. The molecule has 1 aromatic heterocycles. The lowest BCUT2D eigenvalue weighted by Crippen LogP contribution is -2.51. The van der Waals surface area contributed by atoms with E-state index in [1.807, 2.05) is 24.1 Å². The predicted molar refractivity (Wildman–Crippen MR) is 73.6 cm³/mol. The first-order valence-electron chi connectivity index (χ1n) is 6.46. The Morgan fingerprint density at radius 1 is 1.61 bits per heavy atom. The van der Waals surface area contributed by atoms with Crippen LogP contribution in [0.25, 0.3) is 0 Å². The second kappa shape index (κ2) is 5.26. The van der Waals surface area contributed by atoms with Crippen molar-refractivity contribution < 1.29 is 4.79 Å². The number of nitrogens with zero attached hydrogens (tertiary/aromatic N) is 2. The first-order chi connectivity index (χ1) is 8.49. The van der Waals surface area contributed by atoms with E-state index in [2.05, 4.69) is 17.2 Å². The predicted octanol–water partition coefficient (Wildman–Crippen LogP) is 2.82. The van der Waals surface area contributed by atoms with Crippen molar-refractivity contribution in [1.29, 1.82) is 0 Å². The number of hydrogen-bond donors (Lipinski definition) is 1. The normalized spacial score (nSPS) is 20.8. The number of thiazole rings is 1. The van der Waals surface area contributed by atoms with Crippen LogP contribution in [0.15, 0.2) is 11.6 Å². The molecule has 0 radical (unpaired) electrons. The summed E-state index contributed by atoms with van der Waals surface area (Å²) in [4.78, 5) is 18.5. The van der Waals surface area contributed by atoms with Crippen LogP contribution in [0.5, 0.6) is 0 Å². The zero-order chi connectivity index (χ0) is 13.2. The number of nitrogens with one attached hydrogen (secondary N) is 1. The number of urea groups is 1. The Labute approximate surface area is 112 Å². The Bertz CT molecular complexity index is 402. The van der Waals surface area contributed by atoms with E-state index in [9.17, 15) is 4.79 Å². The number of piperidine rings is 1. The van der Waals surface area contributed by atoms with E-state index in [1.54, 1.807) is 17.5 Å². The zero-order valence-corrected chi connectivity index (χ0v) is 12.1. The van der Waals surface area contributed by atoms with Gasteiger partial charge in [0.1, 0.15) is 5.01 Å². The lowest BCUT2D eigenvalue weighted by molar-refractivity contribution is 0.160. The molecule has 0 spiro atoms. The van der Waals surface area contributed by atoms with Crippen LogP contribution in [0.3, 0.4) is 0 Å². The molecule has 100 valence electrons. The third kappa shape index (κ3) is 3.02. The molecule has 4 nitrogen and oxygen atoms in total. The molecule has 1 atom stereocenters. The van der Waals surface area contributed by atoms with Gasteiger partial charge in [0.05, 0.1) is 5.54 Å². The summed E-state index contributed by atoms with van der Waals surface area (Å²) in [6, 6.07) is 0.0294. The van der Waals surface area contributed by atoms with Gasteiger partial charge in [0.25, 0.3) is 0 Å². The van der Waals surface area contributed by atoms with Crippen molar-refractivity contribution in [1.82, 2.24) is 15.2 Å². The molecule has 1 aromatic rings. The molecule has 1 aliphatic rings. The molecule has 1 N–H and O–H groups in total. The number of aromatic nitrogens is 1. The van der Waals surface area contributed by atoms with Crippen LogP contribution >= 0.6 is 11.3 Å². The fourth-order valence-electron chi connectivity index (χ4n) is 2.31. The van der Waals surface area contributed by atoms with E-state index in [0.29, 0.717) is 5.92 Å². The van der Waals surface area contributed by atoms with E-state index < -0.39 is 5.54 Å². The van der Waals surface area contributed by atoms with Gasteiger partial charge in [-0.1, -0.05) is 6.92 Å². The molecule has 2 heterocycles. The molecule has 0 bridgehead atoms. The van der Waals surface area contributed by atoms with Gasteiger partial charge in [0.15, 0.2) is 0 Å². The molecular formula is C13H21N3OS. The van der Waals surface area contributed by atoms with Crippen LogP contribution in [0, 0.1) is 5.92 Å². The molecule has 2 amide bonds. The SMILES string of the molecule is CC1CCCN(C(=O)NC(C)(C)c2nccs2)C1. The quantitative estimate of drug-likeness (QED) is 0.895. The standard InChI is InChI=1S/C13H21N3OS/c1-10-5-4-7-16(9-10)12(17)15-13(2,3)11-14-6-8-18-11/h6,8,10H,4-5,7,9H2,1-3H3,(H,15,17). The minimum Gasteiger partial charge on any atom is -0.327 e. The van der Waals surface area contributed by atoms with Crippen molar-refractivity contribution in [2.24, 2.45) is 5.92 Å². The number of likely N-dealkylation sites (tertiary alicyclic amines) is 1. The molecule has 1 saturated heterocycles. The van der Waals surface area contributed by atoms with E-state index in [4.69, 9.17) is 0 Å². The average molecular weight is 267 g/mol. The second-order valence-corrected chi connectivity index (χ2v) is 6.48. The highest BCUT2D eigenvalue weighted by molar-refractivity contribution is 7.09. The molecule has 18 heavy (non-hydrogen) atoms. The average Bonchev–Trinajstić information content (AvgIpc) is 2.82. The maximum Gasteiger partial charge on any atom is 0.318 e. The third-order valence-corrected chi connectivity index (χ3v) is 4.43. The summed E-state index contributed by atoms with van der Waals surface area (Å²) in [6.07, 6.45) is 4.10. The molecule has 0 aliphatic carbocycles. The van der Waals surface area contributed by atoms with Crippen molar-refractivity contribution in [3.63, 3.8) is 0 Å². The second-order valence-electron chi connectivity index (χ2n) is 5.59. The maximum atomic E-state index is 12.2. The summed E-state index contributed by atoms with van der Waals surface area (Å²) in [6.45, 7) is 7.92. The number of amides is 2. The summed E-state index contributed by atoms with van der Waals surface area (Å²) in [7, 11) is 0. The van der Waals surface area contributed by atoms with E-state index in [-0.39, 0.29) is 6.03 Å². The molecule has 0 aromatic carbocycles. The smallest absolute Gasteiger partial charge is 0.318 e. The molecule has 1 fully saturated rings. The van der Waals surface area contributed by atoms with Crippen molar-refractivity contribution in [2.75, 3.05) is 13.1 Å². The maximum absolute atomic E-state index is 12.2. The molecule has 0 saturated carbocycles. The summed E-state index contributed by atoms with van der Waals surface area (Å²) in [5.74, 6) is 0.604. The van der Waals surface area contributed by atoms with Gasteiger partial charge < -0.3 is 10.2 Å². The van der Waals surface area contributed by atoms with Crippen molar-refractivity contribution in [3.8, 4) is 0 Å². The topological polar surface area (TPSA) is 45.2 Å². The van der Waals surface area contributed by atoms with Crippen molar-refractivity contribution in [2.45, 2.75) is 39.2 Å². The highest BCUT2D eigenvalue weighted by Gasteiger charge is 2.29. The van der Waals surface area contributed by atoms with Gasteiger partial charge in [-0.25, -0.2) is 9.78 Å². The van der Waals surface area contributed by atoms with E-state index >= 15 is 0 Å². The molecule has 1 aliphatic heterocycles. The lowest BCUT2D eigenvalue weighted by atomic mass is 10.0. The first-order valence-corrected chi connectivity index (χ1v) is 7.34. The highest BCUT2D eigenvalue weighted by atomic mass is 32.1. The van der Waals surface area contributed by atoms with Gasteiger partial charge in [0.2, 0.25) is 0 Å². The van der Waals surface area contributed by atoms with Crippen LogP contribution in [-0.2, 0) is 5.54 Å². The van der Waals surface area contributed by atoms with Gasteiger partial charge in [-0.15, -0.1) is 11.3 Å². The monoisotopic (exact) mass is 267 g/mol. The van der Waals surface area contributed by atoms with Crippen LogP contribution in [0.4, 0.5) is 4.79 Å². The number of hydrogen-bond acceptors (Lipinski definition) is 3. The van der Waals surface area contributed by atoms with Gasteiger partial charge in [-0.3, -0.25) is 0 Å². The van der Waals surface area contributed by atoms with Crippen molar-refractivity contribution >= 4 is 17.4 Å². The Morgan fingerprint density at radius 3 is 3.00 bits per heavy atom. The minimum atomic E-state index is -0.397. The zero-order valence-electron chi connectivity index (χ0n) is 11.3. The molecular weight excluding hydrogens is 246 g/mol. The Kier molecular flexibility index (Phi) is 3.90. The lowest BCUT2D eigenvalue weighted by Gasteiger charge is -2.34. The van der Waals surface area contributed by atoms with Crippen LogP contribution < -0.4 is 5.32 Å². The largest absolute Gasteiger partial charge is 0.327 e. The van der Waals surface area contributed by atoms with Crippen molar-refractivity contribution in [3.05, 3.63) is 16.6 Å². The van der Waals surface area contributed by atoms with Gasteiger partial charge in [0, 0.05) is 24.7 Å². The summed E-state index contributed by atoms with van der Waals surface area (Å²) in [5.41, 5.74) is -0.397. The Hall–Kier alpha value is -1.10. The van der Waals surface area contributed by atoms with Crippen LogP contribution in [0.2, 0.25) is 0 Å². The minimum absolute atomic E-state index is 0.0294. The van der Waals surface area contributed by atoms with Gasteiger partial charge in [-0.2, -0.15) is 0 Å².